The molecule has 0 aliphatic carbocycles. The normalized spacial score (nSPS) is 10.8. The number of benzene rings is 2. The zero-order valence-corrected chi connectivity index (χ0v) is 10.8. The van der Waals surface area contributed by atoms with Crippen molar-refractivity contribution in [2.45, 2.75) is 6.54 Å². The van der Waals surface area contributed by atoms with E-state index >= 15 is 0 Å². The van der Waals surface area contributed by atoms with E-state index in [9.17, 15) is 4.39 Å². The summed E-state index contributed by atoms with van der Waals surface area (Å²) >= 11 is 5.81. The van der Waals surface area contributed by atoms with Crippen molar-refractivity contribution >= 4 is 28.2 Å². The van der Waals surface area contributed by atoms with Crippen LogP contribution in [0, 0.1) is 5.82 Å². The minimum Gasteiger partial charge on any atom is -0.381 e. The molecule has 0 bridgehead atoms. The van der Waals surface area contributed by atoms with Crippen molar-refractivity contribution in [1.82, 2.24) is 4.98 Å². The highest BCUT2D eigenvalue weighted by Crippen LogP contribution is 2.20. The van der Waals surface area contributed by atoms with Crippen LogP contribution < -0.4 is 5.32 Å². The van der Waals surface area contributed by atoms with Crippen LogP contribution in [-0.4, -0.2) is 4.98 Å². The van der Waals surface area contributed by atoms with E-state index in [2.05, 4.69) is 22.4 Å². The quantitative estimate of drug-likeness (QED) is 0.719. The van der Waals surface area contributed by atoms with Crippen molar-refractivity contribution in [3.63, 3.8) is 0 Å². The third-order valence-corrected chi connectivity index (χ3v) is 3.20. The molecular formula is C15H12ClFN2. The first-order valence-corrected chi connectivity index (χ1v) is 6.34. The van der Waals surface area contributed by atoms with Crippen LogP contribution in [-0.2, 0) is 6.54 Å². The average Bonchev–Trinajstić information content (AvgIpc) is 2.82. The Hall–Kier alpha value is -2.00. The molecule has 0 fully saturated rings. The predicted molar refractivity (Wildman–Crippen MR) is 77.0 cm³/mol. The zero-order valence-electron chi connectivity index (χ0n) is 10.1. The molecule has 0 atom stereocenters. The van der Waals surface area contributed by atoms with Gasteiger partial charge in [0.05, 0.1) is 0 Å². The van der Waals surface area contributed by atoms with Gasteiger partial charge in [0.2, 0.25) is 0 Å². The molecule has 0 saturated heterocycles. The largest absolute Gasteiger partial charge is 0.381 e. The Kier molecular flexibility index (Phi) is 3.13. The van der Waals surface area contributed by atoms with Crippen LogP contribution in [0.3, 0.4) is 0 Å². The number of anilines is 1. The lowest BCUT2D eigenvalue weighted by atomic mass is 10.1. The lowest BCUT2D eigenvalue weighted by molar-refractivity contribution is 0.628. The van der Waals surface area contributed by atoms with E-state index in [0.717, 1.165) is 11.1 Å². The van der Waals surface area contributed by atoms with Crippen molar-refractivity contribution in [2.75, 3.05) is 5.32 Å². The number of hydrogen-bond donors (Lipinski definition) is 2. The molecule has 1 aromatic heterocycles. The maximum absolute atomic E-state index is 13.2. The standard InChI is InChI=1S/C15H12ClFN2/c16-12-6-13(17)8-14(7-12)19-9-10-1-2-11-3-4-18-15(11)5-10/h1-8,18-19H,9H2. The summed E-state index contributed by atoms with van der Waals surface area (Å²) in [5.74, 6) is -0.338. The van der Waals surface area contributed by atoms with Crippen LogP contribution in [0.2, 0.25) is 5.02 Å². The molecule has 3 aromatic rings. The van der Waals surface area contributed by atoms with Gasteiger partial charge in [-0.05, 0) is 41.3 Å². The van der Waals surface area contributed by atoms with Gasteiger partial charge in [-0.15, -0.1) is 0 Å². The van der Waals surface area contributed by atoms with Gasteiger partial charge in [0.15, 0.2) is 0 Å². The molecule has 0 aliphatic rings. The van der Waals surface area contributed by atoms with Gasteiger partial charge >= 0.3 is 0 Å². The maximum Gasteiger partial charge on any atom is 0.126 e. The Balaban J connectivity index is 1.77. The Labute approximate surface area is 115 Å². The highest BCUT2D eigenvalue weighted by atomic mass is 35.5. The topological polar surface area (TPSA) is 27.8 Å². The summed E-state index contributed by atoms with van der Waals surface area (Å²) in [6, 6.07) is 12.6. The molecule has 0 unspecified atom stereocenters. The number of aromatic amines is 1. The Morgan fingerprint density at radius 3 is 2.84 bits per heavy atom. The summed E-state index contributed by atoms with van der Waals surface area (Å²) in [4.78, 5) is 3.17. The number of rotatable bonds is 3. The van der Waals surface area contributed by atoms with Gasteiger partial charge in [0.25, 0.3) is 0 Å². The summed E-state index contributed by atoms with van der Waals surface area (Å²) in [5.41, 5.74) is 2.89. The third kappa shape index (κ3) is 2.71. The molecule has 2 nitrogen and oxygen atoms in total. The first-order valence-electron chi connectivity index (χ1n) is 5.97. The summed E-state index contributed by atoms with van der Waals surface area (Å²) < 4.78 is 13.2. The molecule has 0 aliphatic heterocycles. The van der Waals surface area contributed by atoms with Gasteiger partial charge in [0, 0.05) is 29.0 Å². The smallest absolute Gasteiger partial charge is 0.126 e. The molecule has 2 aromatic carbocycles. The van der Waals surface area contributed by atoms with Crippen molar-refractivity contribution in [1.29, 1.82) is 0 Å². The fraction of sp³-hybridized carbons (Fsp3) is 0.0667. The second-order valence-electron chi connectivity index (χ2n) is 4.41. The van der Waals surface area contributed by atoms with Crippen molar-refractivity contribution in [2.24, 2.45) is 0 Å². The first-order chi connectivity index (χ1) is 9.20. The van der Waals surface area contributed by atoms with E-state index in [4.69, 9.17) is 11.6 Å². The van der Waals surface area contributed by atoms with Crippen molar-refractivity contribution in [3.05, 3.63) is 65.1 Å². The van der Waals surface area contributed by atoms with E-state index in [1.807, 2.05) is 18.3 Å². The van der Waals surface area contributed by atoms with Crippen LogP contribution in [0.5, 0.6) is 0 Å². The molecule has 96 valence electrons. The minimum atomic E-state index is -0.338. The van der Waals surface area contributed by atoms with Gasteiger partial charge in [-0.1, -0.05) is 23.7 Å². The fourth-order valence-electron chi connectivity index (χ4n) is 2.06. The van der Waals surface area contributed by atoms with Crippen LogP contribution in [0.1, 0.15) is 5.56 Å². The number of H-pyrrole nitrogens is 1. The molecule has 0 radical (unpaired) electrons. The van der Waals surface area contributed by atoms with Gasteiger partial charge in [0.1, 0.15) is 5.82 Å². The highest BCUT2D eigenvalue weighted by molar-refractivity contribution is 6.30. The maximum atomic E-state index is 13.2. The predicted octanol–water partition coefficient (Wildman–Crippen LogP) is 4.57. The minimum absolute atomic E-state index is 0.338. The van der Waals surface area contributed by atoms with Gasteiger partial charge in [-0.3, -0.25) is 0 Å². The second-order valence-corrected chi connectivity index (χ2v) is 4.85. The monoisotopic (exact) mass is 274 g/mol. The van der Waals surface area contributed by atoms with E-state index in [0.29, 0.717) is 17.3 Å². The average molecular weight is 275 g/mol. The van der Waals surface area contributed by atoms with E-state index < -0.39 is 0 Å². The SMILES string of the molecule is Fc1cc(Cl)cc(NCc2ccc3cc[nH]c3c2)c1. The van der Waals surface area contributed by atoms with Crippen LogP contribution in [0.25, 0.3) is 10.9 Å². The fourth-order valence-corrected chi connectivity index (χ4v) is 2.29. The van der Waals surface area contributed by atoms with Crippen LogP contribution >= 0.6 is 11.6 Å². The summed E-state index contributed by atoms with van der Waals surface area (Å²) in [7, 11) is 0. The van der Waals surface area contributed by atoms with E-state index in [-0.39, 0.29) is 5.82 Å². The molecule has 0 amide bonds. The molecule has 2 N–H and O–H groups in total. The van der Waals surface area contributed by atoms with Gasteiger partial charge < -0.3 is 10.3 Å². The third-order valence-electron chi connectivity index (χ3n) is 2.98. The highest BCUT2D eigenvalue weighted by Gasteiger charge is 2.01. The Morgan fingerprint density at radius 2 is 2.00 bits per heavy atom. The molecule has 1 heterocycles. The van der Waals surface area contributed by atoms with Crippen molar-refractivity contribution < 1.29 is 4.39 Å². The molecule has 4 heteroatoms. The number of aromatic nitrogens is 1. The number of halogens is 2. The molecule has 0 saturated carbocycles. The summed E-state index contributed by atoms with van der Waals surface area (Å²) in [6.45, 7) is 0.620. The summed E-state index contributed by atoms with van der Waals surface area (Å²) in [5, 5.41) is 4.73. The lowest BCUT2D eigenvalue weighted by Crippen LogP contribution is -1.99. The van der Waals surface area contributed by atoms with Gasteiger partial charge in [-0.2, -0.15) is 0 Å². The van der Waals surface area contributed by atoms with Crippen LogP contribution in [0.4, 0.5) is 10.1 Å². The number of hydrogen-bond acceptors (Lipinski definition) is 1. The number of fused-ring (bicyclic) bond motifs is 1. The molecular weight excluding hydrogens is 263 g/mol. The molecule has 3 rings (SSSR count). The van der Waals surface area contributed by atoms with Crippen LogP contribution in [0.15, 0.2) is 48.7 Å². The number of nitrogens with one attached hydrogen (secondary N) is 2. The second kappa shape index (κ2) is 4.94. The Bertz CT molecular complexity index is 701. The zero-order chi connectivity index (χ0) is 13.2. The lowest BCUT2D eigenvalue weighted by Gasteiger charge is -2.07. The van der Waals surface area contributed by atoms with Crippen molar-refractivity contribution in [3.8, 4) is 0 Å². The first kappa shape index (κ1) is 12.1. The molecule has 0 spiro atoms. The summed E-state index contributed by atoms with van der Waals surface area (Å²) in [6.07, 6.45) is 1.91. The van der Waals surface area contributed by atoms with E-state index in [1.165, 1.54) is 17.5 Å². The van der Waals surface area contributed by atoms with E-state index in [1.54, 1.807) is 6.07 Å². The Morgan fingerprint density at radius 1 is 1.11 bits per heavy atom. The van der Waals surface area contributed by atoms with Gasteiger partial charge in [-0.25, -0.2) is 4.39 Å². The molecule has 19 heavy (non-hydrogen) atoms.